The average Bonchev–Trinajstić information content (AvgIpc) is 3.70. The van der Waals surface area contributed by atoms with E-state index in [2.05, 4.69) is 23.4 Å². The summed E-state index contributed by atoms with van der Waals surface area (Å²) in [7, 11) is 2.10. The van der Waals surface area contributed by atoms with Crippen molar-refractivity contribution in [1.82, 2.24) is 19.7 Å². The van der Waals surface area contributed by atoms with Crippen molar-refractivity contribution in [3.8, 4) is 22.8 Å². The van der Waals surface area contributed by atoms with Gasteiger partial charge in [-0.05, 0) is 38.1 Å². The predicted octanol–water partition coefficient (Wildman–Crippen LogP) is 2.76. The first-order chi connectivity index (χ1) is 18.2. The minimum absolute atomic E-state index is 0.0145. The monoisotopic (exact) mass is 541 g/mol. The third-order valence-electron chi connectivity index (χ3n) is 8.29. The normalized spacial score (nSPS) is 22.4. The molecule has 3 aliphatic heterocycles. The Bertz CT molecular complexity index is 1330. The number of nitrogens with zero attached hydrogens (tertiary/aromatic N) is 5. The molecular weight excluding hydrogens is 513 g/mol. The smallest absolute Gasteiger partial charge is 0.261 e. The van der Waals surface area contributed by atoms with Crippen molar-refractivity contribution < 1.29 is 23.8 Å². The summed E-state index contributed by atoms with van der Waals surface area (Å²) < 4.78 is 21.2. The van der Waals surface area contributed by atoms with Crippen LogP contribution in [0.2, 0.25) is 5.02 Å². The molecule has 0 unspecified atom stereocenters. The number of anilines is 1. The van der Waals surface area contributed by atoms with Gasteiger partial charge in [0, 0.05) is 44.8 Å². The summed E-state index contributed by atoms with van der Waals surface area (Å²) in [6.45, 7) is 6.70. The van der Waals surface area contributed by atoms with E-state index in [9.17, 15) is 14.7 Å². The molecule has 2 amide bonds. The van der Waals surface area contributed by atoms with Crippen LogP contribution >= 0.6 is 11.6 Å². The maximum Gasteiger partial charge on any atom is 0.261 e. The molecule has 0 bridgehead atoms. The number of amides is 2. The highest BCUT2D eigenvalue weighted by atomic mass is 35.5. The van der Waals surface area contributed by atoms with Gasteiger partial charge in [-0.25, -0.2) is 9.37 Å². The summed E-state index contributed by atoms with van der Waals surface area (Å²) in [4.78, 5) is 38.9. The second-order valence-corrected chi connectivity index (χ2v) is 10.8. The van der Waals surface area contributed by atoms with Crippen LogP contribution in [0.4, 0.5) is 10.2 Å². The number of aromatic nitrogens is 1. The Hall–Kier alpha value is -3.37. The second-order valence-electron chi connectivity index (χ2n) is 10.5. The Morgan fingerprint density at radius 2 is 2.05 bits per heavy atom. The number of hydrogen-bond acceptors (Lipinski definition) is 7. The Balaban J connectivity index is 1.49. The van der Waals surface area contributed by atoms with Crippen molar-refractivity contribution in [1.29, 1.82) is 0 Å². The molecule has 1 atom stereocenters. The molecule has 1 saturated carbocycles. The van der Waals surface area contributed by atoms with E-state index in [-0.39, 0.29) is 57.3 Å². The zero-order chi connectivity index (χ0) is 26.8. The number of pyridine rings is 1. The highest BCUT2D eigenvalue weighted by molar-refractivity contribution is 6.35. The first kappa shape index (κ1) is 24.9. The van der Waals surface area contributed by atoms with Crippen molar-refractivity contribution in [2.24, 2.45) is 0 Å². The van der Waals surface area contributed by atoms with Crippen molar-refractivity contribution in [2.45, 2.75) is 24.4 Å². The molecule has 1 aromatic heterocycles. The molecule has 2 aromatic rings. The fourth-order valence-electron chi connectivity index (χ4n) is 5.85. The number of rotatable bonds is 3. The largest absolute Gasteiger partial charge is 0.507 e. The number of ether oxygens (including phenoxy) is 1. The highest BCUT2D eigenvalue weighted by Crippen LogP contribution is 2.48. The number of halogens is 2. The van der Waals surface area contributed by atoms with Crippen molar-refractivity contribution in [3.63, 3.8) is 0 Å². The summed E-state index contributed by atoms with van der Waals surface area (Å²) in [6, 6.07) is 3.60. The molecule has 4 aliphatic rings. The molecule has 38 heavy (non-hydrogen) atoms. The number of aromatic hydroxyl groups is 1. The first-order valence-corrected chi connectivity index (χ1v) is 13.1. The van der Waals surface area contributed by atoms with Gasteiger partial charge in [-0.15, -0.1) is 0 Å². The summed E-state index contributed by atoms with van der Waals surface area (Å²) >= 11 is 6.80. The fraction of sp³-hybridized carbons (Fsp3) is 0.444. The SMILES string of the molecule is C=CC(=O)N1CCN2C(=O)c3c(N4CCN(C)C5(CC5)C4)nc(-c4c(O)cccc4F)c(Cl)c3OC[C@H]2C1. The van der Waals surface area contributed by atoms with Gasteiger partial charge in [-0.2, -0.15) is 0 Å². The van der Waals surface area contributed by atoms with E-state index in [1.807, 2.05) is 0 Å². The Labute approximate surface area is 225 Å². The molecule has 9 nitrogen and oxygen atoms in total. The zero-order valence-electron chi connectivity index (χ0n) is 21.1. The number of carbonyl (C=O) groups is 2. The minimum Gasteiger partial charge on any atom is -0.507 e. The Morgan fingerprint density at radius 1 is 1.26 bits per heavy atom. The third-order valence-corrected chi connectivity index (χ3v) is 8.65. The molecule has 1 aliphatic carbocycles. The van der Waals surface area contributed by atoms with Crippen LogP contribution in [0.15, 0.2) is 30.9 Å². The maximum atomic E-state index is 15.0. The lowest BCUT2D eigenvalue weighted by molar-refractivity contribution is -0.128. The number of fused-ring (bicyclic) bond motifs is 2. The molecular formula is C27H29ClFN5O4. The molecule has 2 saturated heterocycles. The Morgan fingerprint density at radius 3 is 2.76 bits per heavy atom. The van der Waals surface area contributed by atoms with Crippen LogP contribution in [0.25, 0.3) is 11.3 Å². The number of phenolic OH excluding ortho intramolecular Hbond substituents is 1. The van der Waals surface area contributed by atoms with Crippen molar-refractivity contribution in [2.75, 3.05) is 57.8 Å². The summed E-state index contributed by atoms with van der Waals surface area (Å²) in [5.74, 6) is -0.984. The van der Waals surface area contributed by atoms with Gasteiger partial charge >= 0.3 is 0 Å². The molecule has 1 aromatic carbocycles. The van der Waals surface area contributed by atoms with Crippen LogP contribution < -0.4 is 9.64 Å². The second kappa shape index (κ2) is 9.13. The lowest BCUT2D eigenvalue weighted by Crippen LogP contribution is -2.57. The van der Waals surface area contributed by atoms with Crippen LogP contribution in [-0.4, -0.2) is 101 Å². The molecule has 0 radical (unpaired) electrons. The third kappa shape index (κ3) is 3.89. The van der Waals surface area contributed by atoms with Crippen LogP contribution in [0.5, 0.6) is 11.5 Å². The quantitative estimate of drug-likeness (QED) is 0.598. The summed E-state index contributed by atoms with van der Waals surface area (Å²) in [5.41, 5.74) is 0.134. The number of carbonyl (C=O) groups excluding carboxylic acids is 2. The predicted molar refractivity (Wildman–Crippen MR) is 140 cm³/mol. The topological polar surface area (TPSA) is 89.5 Å². The number of benzene rings is 1. The Kier molecular flexibility index (Phi) is 5.99. The number of hydrogen-bond donors (Lipinski definition) is 1. The van der Waals surface area contributed by atoms with Gasteiger partial charge in [0.1, 0.15) is 40.3 Å². The molecule has 4 heterocycles. The van der Waals surface area contributed by atoms with E-state index in [0.717, 1.165) is 19.4 Å². The zero-order valence-corrected chi connectivity index (χ0v) is 21.9. The standard InChI is InChI=1S/C27H29ClFN5O4/c1-3-19(36)32-11-12-34-16(13-32)14-38-24-21(26(34)37)25(33-10-9-31(2)27(15-33)7-8-27)30-23(22(24)28)20-17(29)5-4-6-18(20)35/h3-6,16,35H,1,7-15H2,2H3/t16-/m1/s1. The number of piperazine rings is 2. The summed E-state index contributed by atoms with van der Waals surface area (Å²) in [5, 5.41) is 10.5. The van der Waals surface area contributed by atoms with E-state index < -0.39 is 11.9 Å². The van der Waals surface area contributed by atoms with Gasteiger partial charge in [0.15, 0.2) is 5.75 Å². The molecule has 6 rings (SSSR count). The molecule has 3 fully saturated rings. The lowest BCUT2D eigenvalue weighted by atomic mass is 10.0. The van der Waals surface area contributed by atoms with Crippen molar-refractivity contribution in [3.05, 3.63) is 47.3 Å². The van der Waals surface area contributed by atoms with Gasteiger partial charge in [0.2, 0.25) is 5.91 Å². The molecule has 11 heteroatoms. The van der Waals surface area contributed by atoms with E-state index >= 15 is 4.39 Å². The van der Waals surface area contributed by atoms with E-state index in [4.69, 9.17) is 21.3 Å². The average molecular weight is 542 g/mol. The van der Waals surface area contributed by atoms with Crippen molar-refractivity contribution >= 4 is 29.2 Å². The molecule has 200 valence electrons. The van der Waals surface area contributed by atoms with Gasteiger partial charge < -0.3 is 24.5 Å². The number of likely N-dealkylation sites (N-methyl/N-ethyl adjacent to an activating group) is 1. The molecule has 1 spiro atoms. The minimum atomic E-state index is -0.682. The van der Waals surface area contributed by atoms with Gasteiger partial charge in [0.25, 0.3) is 5.91 Å². The first-order valence-electron chi connectivity index (χ1n) is 12.8. The maximum absolute atomic E-state index is 15.0. The lowest BCUT2D eigenvalue weighted by Gasteiger charge is -2.42. The molecule has 1 N–H and O–H groups in total. The van der Waals surface area contributed by atoms with E-state index in [1.54, 1.807) is 9.80 Å². The fourth-order valence-corrected chi connectivity index (χ4v) is 6.13. The highest BCUT2D eigenvalue weighted by Gasteiger charge is 2.51. The van der Waals surface area contributed by atoms with Crippen LogP contribution in [-0.2, 0) is 4.79 Å². The van der Waals surface area contributed by atoms with Crippen LogP contribution in [0, 0.1) is 5.82 Å². The van der Waals surface area contributed by atoms with E-state index in [0.29, 0.717) is 38.5 Å². The summed E-state index contributed by atoms with van der Waals surface area (Å²) in [6.07, 6.45) is 3.35. The van der Waals surface area contributed by atoms with Crippen LogP contribution in [0.1, 0.15) is 23.2 Å². The van der Waals surface area contributed by atoms with Gasteiger partial charge in [0.05, 0.1) is 11.6 Å². The van der Waals surface area contributed by atoms with Crippen LogP contribution in [0.3, 0.4) is 0 Å². The number of phenols is 1. The van der Waals surface area contributed by atoms with E-state index in [1.165, 1.54) is 24.3 Å². The van der Waals surface area contributed by atoms with Gasteiger partial charge in [-0.3, -0.25) is 14.5 Å². The van der Waals surface area contributed by atoms with Gasteiger partial charge in [-0.1, -0.05) is 24.2 Å².